The number of aromatic nitrogens is 2. The SMILES string of the molecule is Clc1nccc(NCCN2CCCCCC2)n1. The van der Waals surface area contributed by atoms with Crippen LogP contribution in [-0.2, 0) is 0 Å². The number of hydrogen-bond donors (Lipinski definition) is 1. The normalized spacial score (nSPS) is 17.7. The molecule has 1 N–H and O–H groups in total. The van der Waals surface area contributed by atoms with Crippen molar-refractivity contribution in [3.8, 4) is 0 Å². The van der Waals surface area contributed by atoms with Crippen molar-refractivity contribution in [2.45, 2.75) is 25.7 Å². The molecule has 1 aliphatic rings. The number of rotatable bonds is 4. The van der Waals surface area contributed by atoms with Gasteiger partial charge in [-0.25, -0.2) is 9.97 Å². The highest BCUT2D eigenvalue weighted by atomic mass is 35.5. The summed E-state index contributed by atoms with van der Waals surface area (Å²) in [5.74, 6) is 0.805. The molecule has 0 radical (unpaired) electrons. The first-order valence-corrected chi connectivity index (χ1v) is 6.67. The molecule has 4 nitrogen and oxygen atoms in total. The molecular weight excluding hydrogens is 236 g/mol. The van der Waals surface area contributed by atoms with Crippen molar-refractivity contribution < 1.29 is 0 Å². The van der Waals surface area contributed by atoms with Gasteiger partial charge < -0.3 is 10.2 Å². The Kier molecular flexibility index (Phi) is 5.01. The predicted octanol–water partition coefficient (Wildman–Crippen LogP) is 2.42. The maximum absolute atomic E-state index is 5.72. The molecule has 1 aliphatic heterocycles. The third kappa shape index (κ3) is 4.48. The Morgan fingerprint density at radius 2 is 2.00 bits per heavy atom. The summed E-state index contributed by atoms with van der Waals surface area (Å²) >= 11 is 5.72. The summed E-state index contributed by atoms with van der Waals surface area (Å²) in [5, 5.41) is 3.57. The van der Waals surface area contributed by atoms with Crippen LogP contribution in [0.4, 0.5) is 5.82 Å². The molecule has 0 aromatic carbocycles. The molecule has 0 unspecified atom stereocenters. The molecular formula is C12H19ClN4. The molecule has 5 heteroatoms. The van der Waals surface area contributed by atoms with E-state index in [1.54, 1.807) is 6.20 Å². The van der Waals surface area contributed by atoms with E-state index in [-0.39, 0.29) is 0 Å². The molecule has 2 rings (SSSR count). The van der Waals surface area contributed by atoms with E-state index in [1.807, 2.05) is 6.07 Å². The number of hydrogen-bond acceptors (Lipinski definition) is 4. The molecule has 1 aromatic rings. The van der Waals surface area contributed by atoms with Gasteiger partial charge in [-0.3, -0.25) is 0 Å². The van der Waals surface area contributed by atoms with Crippen LogP contribution in [0.1, 0.15) is 25.7 Å². The molecule has 1 aromatic heterocycles. The number of likely N-dealkylation sites (tertiary alicyclic amines) is 1. The zero-order chi connectivity index (χ0) is 11.9. The fraction of sp³-hybridized carbons (Fsp3) is 0.667. The molecule has 94 valence electrons. The Labute approximate surface area is 107 Å². The summed E-state index contributed by atoms with van der Waals surface area (Å²) in [7, 11) is 0. The largest absolute Gasteiger partial charge is 0.369 e. The number of nitrogens with one attached hydrogen (secondary N) is 1. The van der Waals surface area contributed by atoms with Gasteiger partial charge in [-0.15, -0.1) is 0 Å². The highest BCUT2D eigenvalue weighted by Gasteiger charge is 2.08. The number of nitrogens with zero attached hydrogens (tertiary/aromatic N) is 3. The zero-order valence-electron chi connectivity index (χ0n) is 10.0. The highest BCUT2D eigenvalue weighted by Crippen LogP contribution is 2.09. The van der Waals surface area contributed by atoms with Gasteiger partial charge in [0, 0.05) is 19.3 Å². The third-order valence-corrected chi connectivity index (χ3v) is 3.24. The van der Waals surface area contributed by atoms with Crippen LogP contribution < -0.4 is 5.32 Å². The highest BCUT2D eigenvalue weighted by molar-refractivity contribution is 6.28. The molecule has 17 heavy (non-hydrogen) atoms. The average molecular weight is 255 g/mol. The van der Waals surface area contributed by atoms with Crippen LogP contribution in [-0.4, -0.2) is 41.0 Å². The maximum atomic E-state index is 5.72. The van der Waals surface area contributed by atoms with E-state index in [1.165, 1.54) is 38.8 Å². The Balaban J connectivity index is 1.71. The lowest BCUT2D eigenvalue weighted by molar-refractivity contribution is 0.296. The summed E-state index contributed by atoms with van der Waals surface area (Å²) in [4.78, 5) is 10.5. The molecule has 0 spiro atoms. The summed E-state index contributed by atoms with van der Waals surface area (Å²) < 4.78 is 0. The fourth-order valence-electron chi connectivity index (χ4n) is 2.14. The van der Waals surface area contributed by atoms with Crippen molar-refractivity contribution in [3.05, 3.63) is 17.5 Å². The van der Waals surface area contributed by atoms with Crippen LogP contribution >= 0.6 is 11.6 Å². The second-order valence-electron chi connectivity index (χ2n) is 4.39. The Hall–Kier alpha value is -0.870. The van der Waals surface area contributed by atoms with Crippen LogP contribution in [0.15, 0.2) is 12.3 Å². The zero-order valence-corrected chi connectivity index (χ0v) is 10.8. The topological polar surface area (TPSA) is 41.1 Å². The molecule has 1 saturated heterocycles. The van der Waals surface area contributed by atoms with Gasteiger partial charge in [0.1, 0.15) is 5.82 Å². The van der Waals surface area contributed by atoms with E-state index in [0.29, 0.717) is 5.28 Å². The predicted molar refractivity (Wildman–Crippen MR) is 70.4 cm³/mol. The Bertz CT molecular complexity index is 337. The quantitative estimate of drug-likeness (QED) is 0.838. The van der Waals surface area contributed by atoms with Crippen LogP contribution in [0.3, 0.4) is 0 Å². The van der Waals surface area contributed by atoms with Crippen LogP contribution in [0, 0.1) is 0 Å². The van der Waals surface area contributed by atoms with Crippen LogP contribution in [0.25, 0.3) is 0 Å². The Morgan fingerprint density at radius 3 is 2.71 bits per heavy atom. The first-order chi connectivity index (χ1) is 8.34. The van der Waals surface area contributed by atoms with Gasteiger partial charge in [0.05, 0.1) is 0 Å². The minimum atomic E-state index is 0.296. The molecule has 0 bridgehead atoms. The Morgan fingerprint density at radius 1 is 1.24 bits per heavy atom. The van der Waals surface area contributed by atoms with E-state index < -0.39 is 0 Å². The van der Waals surface area contributed by atoms with E-state index in [0.717, 1.165) is 18.9 Å². The van der Waals surface area contributed by atoms with E-state index in [4.69, 9.17) is 11.6 Å². The lowest BCUT2D eigenvalue weighted by Crippen LogP contribution is -2.30. The standard InChI is InChI=1S/C12H19ClN4/c13-12-15-6-5-11(16-12)14-7-10-17-8-3-1-2-4-9-17/h5-6H,1-4,7-10H2,(H,14,15,16). The van der Waals surface area contributed by atoms with Gasteiger partial charge in [0.15, 0.2) is 0 Å². The van der Waals surface area contributed by atoms with Gasteiger partial charge in [-0.1, -0.05) is 12.8 Å². The maximum Gasteiger partial charge on any atom is 0.224 e. The monoisotopic (exact) mass is 254 g/mol. The third-order valence-electron chi connectivity index (χ3n) is 3.06. The van der Waals surface area contributed by atoms with Crippen molar-refractivity contribution in [2.75, 3.05) is 31.5 Å². The van der Waals surface area contributed by atoms with Crippen molar-refractivity contribution in [1.82, 2.24) is 14.9 Å². The molecule has 2 heterocycles. The van der Waals surface area contributed by atoms with Crippen LogP contribution in [0.5, 0.6) is 0 Å². The lowest BCUT2D eigenvalue weighted by atomic mass is 10.2. The van der Waals surface area contributed by atoms with Crippen molar-refractivity contribution in [3.63, 3.8) is 0 Å². The first-order valence-electron chi connectivity index (χ1n) is 6.29. The van der Waals surface area contributed by atoms with Crippen molar-refractivity contribution in [1.29, 1.82) is 0 Å². The minimum absolute atomic E-state index is 0.296. The van der Waals surface area contributed by atoms with Crippen LogP contribution in [0.2, 0.25) is 5.28 Å². The summed E-state index contributed by atoms with van der Waals surface area (Å²) in [6, 6.07) is 1.84. The number of anilines is 1. The number of halogens is 1. The first kappa shape index (κ1) is 12.6. The molecule has 0 amide bonds. The van der Waals surface area contributed by atoms with E-state index in [2.05, 4.69) is 20.2 Å². The minimum Gasteiger partial charge on any atom is -0.369 e. The average Bonchev–Trinajstić information content (AvgIpc) is 2.58. The molecule has 0 aliphatic carbocycles. The molecule has 0 saturated carbocycles. The fourth-order valence-corrected chi connectivity index (χ4v) is 2.28. The summed E-state index contributed by atoms with van der Waals surface area (Å²) in [6.45, 7) is 4.44. The van der Waals surface area contributed by atoms with Gasteiger partial charge >= 0.3 is 0 Å². The second kappa shape index (κ2) is 6.77. The van der Waals surface area contributed by atoms with Gasteiger partial charge in [0.25, 0.3) is 0 Å². The summed E-state index contributed by atoms with van der Waals surface area (Å²) in [5.41, 5.74) is 0. The molecule has 1 fully saturated rings. The van der Waals surface area contributed by atoms with E-state index in [9.17, 15) is 0 Å². The van der Waals surface area contributed by atoms with Gasteiger partial charge in [-0.05, 0) is 43.6 Å². The smallest absolute Gasteiger partial charge is 0.224 e. The van der Waals surface area contributed by atoms with Crippen molar-refractivity contribution >= 4 is 17.4 Å². The van der Waals surface area contributed by atoms with Gasteiger partial charge in [0.2, 0.25) is 5.28 Å². The molecule has 0 atom stereocenters. The second-order valence-corrected chi connectivity index (χ2v) is 4.73. The summed E-state index contributed by atoms with van der Waals surface area (Å²) in [6.07, 6.45) is 7.10. The van der Waals surface area contributed by atoms with Gasteiger partial charge in [-0.2, -0.15) is 0 Å². The van der Waals surface area contributed by atoms with Crippen molar-refractivity contribution in [2.24, 2.45) is 0 Å². The lowest BCUT2D eigenvalue weighted by Gasteiger charge is -2.19. The van der Waals surface area contributed by atoms with E-state index >= 15 is 0 Å².